The first-order chi connectivity index (χ1) is 2.27. The molecule has 0 atom stereocenters. The molecule has 0 aromatic carbocycles. The van der Waals surface area contributed by atoms with Gasteiger partial charge in [-0.1, -0.05) is 0 Å². The third-order valence-corrected chi connectivity index (χ3v) is 4.07. The van der Waals surface area contributed by atoms with Crippen LogP contribution in [0.25, 0.3) is 0 Å². The van der Waals surface area contributed by atoms with Gasteiger partial charge in [-0.25, -0.2) is 0 Å². The molecule has 42 valence electrons. The fraction of sp³-hybridized carbons (Fsp3) is 1.00. The van der Waals surface area contributed by atoms with Gasteiger partial charge in [-0.2, -0.15) is 0 Å². The minimum Gasteiger partial charge on any atom is -0.0149 e. The van der Waals surface area contributed by atoms with E-state index in [9.17, 15) is 0 Å². The van der Waals surface area contributed by atoms with Gasteiger partial charge in [0, 0.05) is 0 Å². The van der Waals surface area contributed by atoms with E-state index in [-0.39, 0.29) is 11.0 Å². The Hall–Kier alpha value is 1.24. The van der Waals surface area contributed by atoms with Crippen LogP contribution in [0.3, 0.4) is 0 Å². The van der Waals surface area contributed by atoms with Gasteiger partial charge in [0.15, 0.2) is 0 Å². The van der Waals surface area contributed by atoms with Gasteiger partial charge >= 0.3 is 45.2 Å². The molecule has 3 heteroatoms. The Kier molecular flexibility index (Phi) is 10.7. The first-order valence-corrected chi connectivity index (χ1v) is 7.67. The fourth-order valence-electron chi connectivity index (χ4n) is 0. The van der Waals surface area contributed by atoms with Crippen molar-refractivity contribution in [2.75, 3.05) is 13.7 Å². The standard InChI is InChI=1S/C3H8ClI.H4Si/c1-5(2)3-4;/h3H2,1-2H3;1H4. The van der Waals surface area contributed by atoms with E-state index in [0.717, 1.165) is 3.89 Å². The van der Waals surface area contributed by atoms with Crippen LogP contribution in [-0.4, -0.2) is 24.7 Å². The number of halogens is 2. The Morgan fingerprint density at radius 1 is 1.50 bits per heavy atom. The van der Waals surface area contributed by atoms with Crippen molar-refractivity contribution in [3.8, 4) is 0 Å². The zero-order valence-corrected chi connectivity index (χ0v) is 6.38. The second-order valence-corrected chi connectivity index (χ2v) is 8.15. The molecule has 0 aliphatic heterocycles. The molecule has 0 aliphatic rings. The summed E-state index contributed by atoms with van der Waals surface area (Å²) in [6.45, 7) is 0. The Morgan fingerprint density at radius 3 is 1.67 bits per heavy atom. The van der Waals surface area contributed by atoms with E-state index in [1.165, 1.54) is 0 Å². The van der Waals surface area contributed by atoms with E-state index in [1.807, 2.05) is 0 Å². The van der Waals surface area contributed by atoms with Gasteiger partial charge in [0.05, 0.1) is 0 Å². The van der Waals surface area contributed by atoms with Gasteiger partial charge in [0.1, 0.15) is 0 Å². The van der Waals surface area contributed by atoms with E-state index < -0.39 is 19.8 Å². The van der Waals surface area contributed by atoms with Gasteiger partial charge in [-0.05, 0) is 11.0 Å². The maximum Gasteiger partial charge on any atom is -0.0149 e. The SMILES string of the molecule is CI(C)CCl.[SiH4]. The average molecular weight is 239 g/mol. The molecule has 0 N–H and O–H groups in total. The fourth-order valence-corrected chi connectivity index (χ4v) is 0. The molecule has 0 saturated heterocycles. The number of alkyl halides is 4. The molecule has 0 amide bonds. The summed E-state index contributed by atoms with van der Waals surface area (Å²) in [6, 6.07) is 0. The van der Waals surface area contributed by atoms with Crippen LogP contribution in [0, 0.1) is 0 Å². The van der Waals surface area contributed by atoms with Crippen LogP contribution < -0.4 is 0 Å². The minimum atomic E-state index is -0.517. The molecule has 0 aromatic heterocycles. The maximum atomic E-state index is 5.41. The van der Waals surface area contributed by atoms with Gasteiger partial charge in [0.2, 0.25) is 0 Å². The molecule has 0 aliphatic carbocycles. The first kappa shape index (κ1) is 10.3. The van der Waals surface area contributed by atoms with Crippen molar-refractivity contribution in [1.29, 1.82) is 0 Å². The number of hydrogen-bond donors (Lipinski definition) is 0. The molecular weight excluding hydrogens is 226 g/mol. The number of rotatable bonds is 1. The van der Waals surface area contributed by atoms with E-state index in [4.69, 9.17) is 11.6 Å². The van der Waals surface area contributed by atoms with Gasteiger partial charge in [-0.3, -0.25) is 0 Å². The summed E-state index contributed by atoms with van der Waals surface area (Å²) < 4.78 is 0.934. The summed E-state index contributed by atoms with van der Waals surface area (Å²) in [4.78, 5) is 4.49. The molecule has 0 bridgehead atoms. The molecule has 6 heavy (non-hydrogen) atoms. The molecule has 0 spiro atoms. The molecular formula is C3H12ClISi. The molecule has 0 nitrogen and oxygen atoms in total. The van der Waals surface area contributed by atoms with Crippen LogP contribution in [-0.2, 0) is 0 Å². The summed E-state index contributed by atoms with van der Waals surface area (Å²) in [5.41, 5.74) is 0. The first-order valence-electron chi connectivity index (χ1n) is 1.29. The van der Waals surface area contributed by atoms with Gasteiger partial charge in [0.25, 0.3) is 0 Å². The smallest absolute Gasteiger partial charge is 0.0149 e. The van der Waals surface area contributed by atoms with Crippen molar-refractivity contribution in [2.24, 2.45) is 0 Å². The minimum absolute atomic E-state index is 0. The van der Waals surface area contributed by atoms with Crippen LogP contribution in [0.5, 0.6) is 0 Å². The summed E-state index contributed by atoms with van der Waals surface area (Å²) >= 11 is 4.89. The maximum absolute atomic E-state index is 5.41. The van der Waals surface area contributed by atoms with E-state index in [2.05, 4.69) is 9.86 Å². The van der Waals surface area contributed by atoms with Crippen molar-refractivity contribution in [2.45, 2.75) is 0 Å². The topological polar surface area (TPSA) is 0 Å². The molecule has 0 aromatic rings. The summed E-state index contributed by atoms with van der Waals surface area (Å²) in [7, 11) is 0. The predicted octanol–water partition coefficient (Wildman–Crippen LogP) is 0.497. The largest absolute Gasteiger partial charge is 0.0149 e. The van der Waals surface area contributed by atoms with E-state index in [1.54, 1.807) is 0 Å². The quantitative estimate of drug-likeness (QED) is 0.355. The third kappa shape index (κ3) is 8.97. The van der Waals surface area contributed by atoms with Crippen molar-refractivity contribution < 1.29 is 0 Å². The van der Waals surface area contributed by atoms with E-state index in [0.29, 0.717) is 0 Å². The molecule has 0 saturated carbocycles. The van der Waals surface area contributed by atoms with E-state index >= 15 is 0 Å². The Balaban J connectivity index is 0. The molecule has 0 heterocycles. The predicted molar refractivity (Wildman–Crippen MR) is 47.9 cm³/mol. The van der Waals surface area contributed by atoms with Crippen LogP contribution in [0.15, 0.2) is 0 Å². The summed E-state index contributed by atoms with van der Waals surface area (Å²) in [6.07, 6.45) is 0. The molecule has 0 rings (SSSR count). The van der Waals surface area contributed by atoms with Crippen LogP contribution in [0.1, 0.15) is 0 Å². The van der Waals surface area contributed by atoms with Crippen LogP contribution >= 0.6 is 31.4 Å². The zero-order chi connectivity index (χ0) is 4.28. The Labute approximate surface area is 56.1 Å². The van der Waals surface area contributed by atoms with Crippen molar-refractivity contribution in [3.63, 3.8) is 0 Å². The van der Waals surface area contributed by atoms with Crippen molar-refractivity contribution in [1.82, 2.24) is 0 Å². The average Bonchev–Trinajstić information content (AvgIpc) is 1.38. The van der Waals surface area contributed by atoms with Crippen molar-refractivity contribution >= 4 is 42.4 Å². The number of hydrogen-bond acceptors (Lipinski definition) is 0. The normalized spacial score (nSPS) is 9.50. The second-order valence-electron chi connectivity index (χ2n) is 1.01. The molecule has 0 unspecified atom stereocenters. The monoisotopic (exact) mass is 238 g/mol. The second kappa shape index (κ2) is 6.24. The zero-order valence-electron chi connectivity index (χ0n) is 3.46. The summed E-state index contributed by atoms with van der Waals surface area (Å²) in [5.74, 6) is 0. The molecule has 0 fully saturated rings. The van der Waals surface area contributed by atoms with Crippen LogP contribution in [0.4, 0.5) is 0 Å². The molecule has 0 radical (unpaired) electrons. The third-order valence-electron chi connectivity index (χ3n) is 0.202. The van der Waals surface area contributed by atoms with Crippen molar-refractivity contribution in [3.05, 3.63) is 0 Å². The Morgan fingerprint density at radius 2 is 1.67 bits per heavy atom. The van der Waals surface area contributed by atoms with Crippen LogP contribution in [0.2, 0.25) is 0 Å². The summed E-state index contributed by atoms with van der Waals surface area (Å²) in [5, 5.41) is 0. The van der Waals surface area contributed by atoms with Gasteiger partial charge in [-0.15, -0.1) is 0 Å². The Bertz CT molecular complexity index is 24.8. The van der Waals surface area contributed by atoms with Gasteiger partial charge < -0.3 is 0 Å².